The van der Waals surface area contributed by atoms with Crippen molar-refractivity contribution >= 4 is 5.95 Å². The first kappa shape index (κ1) is 14.4. The monoisotopic (exact) mass is 258 g/mol. The molecule has 0 aromatic carbocycles. The zero-order chi connectivity index (χ0) is 13.2. The Morgan fingerprint density at radius 2 is 1.72 bits per heavy atom. The highest BCUT2D eigenvalue weighted by Crippen LogP contribution is 2.11. The van der Waals surface area contributed by atoms with Crippen LogP contribution in [0.1, 0.15) is 6.42 Å². The van der Waals surface area contributed by atoms with Gasteiger partial charge in [-0.05, 0) is 6.42 Å². The van der Waals surface area contributed by atoms with Crippen LogP contribution in [-0.4, -0.2) is 60.6 Å². The molecule has 1 heterocycles. The number of nitrogens with one attached hydrogen (secondary N) is 1. The Kier molecular flexibility index (Phi) is 6.74. The highest BCUT2D eigenvalue weighted by atomic mass is 16.5. The molecule has 1 rings (SSSR count). The van der Waals surface area contributed by atoms with E-state index in [4.69, 9.17) is 19.3 Å². The van der Waals surface area contributed by atoms with E-state index in [1.165, 1.54) is 14.2 Å². The van der Waals surface area contributed by atoms with E-state index in [1.807, 2.05) is 0 Å². The number of nitrogens with zero attached hydrogens (tertiary/aromatic N) is 3. The third-order valence-electron chi connectivity index (χ3n) is 1.94. The van der Waals surface area contributed by atoms with Gasteiger partial charge in [0.15, 0.2) is 0 Å². The summed E-state index contributed by atoms with van der Waals surface area (Å²) in [7, 11) is 2.95. The van der Waals surface area contributed by atoms with Crippen molar-refractivity contribution in [3.05, 3.63) is 0 Å². The Morgan fingerprint density at radius 3 is 2.28 bits per heavy atom. The van der Waals surface area contributed by atoms with Crippen molar-refractivity contribution in [3.8, 4) is 12.0 Å². The topological polar surface area (TPSA) is 98.6 Å². The summed E-state index contributed by atoms with van der Waals surface area (Å²) in [4.78, 5) is 11.9. The lowest BCUT2D eigenvalue weighted by Gasteiger charge is -2.07. The van der Waals surface area contributed by atoms with Gasteiger partial charge in [0.1, 0.15) is 0 Å². The first-order chi connectivity index (χ1) is 8.80. The molecule has 1 aromatic rings. The molecule has 0 saturated carbocycles. The highest BCUT2D eigenvalue weighted by Gasteiger charge is 2.05. The molecule has 102 valence electrons. The predicted molar refractivity (Wildman–Crippen MR) is 63.9 cm³/mol. The summed E-state index contributed by atoms with van der Waals surface area (Å²) in [6.07, 6.45) is 0.774. The summed E-state index contributed by atoms with van der Waals surface area (Å²) in [5.74, 6) is 0.390. The summed E-state index contributed by atoms with van der Waals surface area (Å²) in [5, 5.41) is 11.5. The van der Waals surface area contributed by atoms with Crippen LogP contribution in [-0.2, 0) is 4.74 Å². The number of rotatable bonds is 9. The van der Waals surface area contributed by atoms with E-state index in [0.29, 0.717) is 25.7 Å². The van der Waals surface area contributed by atoms with E-state index in [1.54, 1.807) is 0 Å². The lowest BCUT2D eigenvalue weighted by Crippen LogP contribution is -2.11. The Morgan fingerprint density at radius 1 is 1.06 bits per heavy atom. The maximum absolute atomic E-state index is 8.52. The van der Waals surface area contributed by atoms with Crippen LogP contribution in [0.3, 0.4) is 0 Å². The van der Waals surface area contributed by atoms with Gasteiger partial charge < -0.3 is 24.6 Å². The second-order valence-corrected chi connectivity index (χ2v) is 3.25. The average Bonchev–Trinajstić information content (AvgIpc) is 2.42. The van der Waals surface area contributed by atoms with E-state index >= 15 is 0 Å². The molecular formula is C10H18N4O4. The minimum atomic E-state index is 0.0370. The standard InChI is InChI=1S/C10H18N4O4/c1-16-9-12-8(13-10(14-9)17-2)11-4-3-6-18-7-5-15/h15H,3-7H2,1-2H3,(H,11,12,13,14). The summed E-state index contributed by atoms with van der Waals surface area (Å²) in [6.45, 7) is 1.59. The van der Waals surface area contributed by atoms with Crippen molar-refractivity contribution in [2.45, 2.75) is 6.42 Å². The Balaban J connectivity index is 2.36. The second-order valence-electron chi connectivity index (χ2n) is 3.25. The second kappa shape index (κ2) is 8.43. The number of anilines is 1. The molecule has 0 spiro atoms. The van der Waals surface area contributed by atoms with Gasteiger partial charge in [-0.25, -0.2) is 0 Å². The fourth-order valence-corrected chi connectivity index (χ4v) is 1.14. The van der Waals surface area contributed by atoms with E-state index in [9.17, 15) is 0 Å². The van der Waals surface area contributed by atoms with E-state index < -0.39 is 0 Å². The number of ether oxygens (including phenoxy) is 3. The van der Waals surface area contributed by atoms with Crippen LogP contribution in [0.15, 0.2) is 0 Å². The minimum absolute atomic E-state index is 0.0370. The van der Waals surface area contributed by atoms with E-state index in [2.05, 4.69) is 20.3 Å². The van der Waals surface area contributed by atoms with Gasteiger partial charge in [0.2, 0.25) is 5.95 Å². The Hall–Kier alpha value is -1.67. The molecule has 2 N–H and O–H groups in total. The lowest BCUT2D eigenvalue weighted by molar-refractivity contribution is 0.0921. The molecule has 0 atom stereocenters. The smallest absolute Gasteiger partial charge is 0.324 e. The van der Waals surface area contributed by atoms with Crippen molar-refractivity contribution in [1.82, 2.24) is 15.0 Å². The largest absolute Gasteiger partial charge is 0.467 e. The van der Waals surface area contributed by atoms with E-state index in [0.717, 1.165) is 6.42 Å². The third-order valence-corrected chi connectivity index (χ3v) is 1.94. The van der Waals surface area contributed by atoms with Gasteiger partial charge in [0.25, 0.3) is 0 Å². The predicted octanol–water partition coefficient (Wildman–Crippen LogP) is -0.300. The molecule has 0 aliphatic heterocycles. The van der Waals surface area contributed by atoms with Crippen molar-refractivity contribution in [3.63, 3.8) is 0 Å². The van der Waals surface area contributed by atoms with Crippen LogP contribution in [0.4, 0.5) is 5.95 Å². The Labute approximate surface area is 105 Å². The van der Waals surface area contributed by atoms with Crippen LogP contribution in [0.5, 0.6) is 12.0 Å². The maximum Gasteiger partial charge on any atom is 0.324 e. The van der Waals surface area contributed by atoms with Crippen LogP contribution in [0.2, 0.25) is 0 Å². The normalized spacial score (nSPS) is 10.2. The third kappa shape index (κ3) is 5.11. The molecule has 0 aliphatic carbocycles. The maximum atomic E-state index is 8.52. The molecule has 0 aliphatic rings. The van der Waals surface area contributed by atoms with Crippen LogP contribution < -0.4 is 14.8 Å². The van der Waals surface area contributed by atoms with Gasteiger partial charge in [-0.1, -0.05) is 0 Å². The molecular weight excluding hydrogens is 240 g/mol. The molecule has 1 aromatic heterocycles. The van der Waals surface area contributed by atoms with Crippen molar-refractivity contribution < 1.29 is 19.3 Å². The first-order valence-electron chi connectivity index (χ1n) is 5.56. The summed E-state index contributed by atoms with van der Waals surface area (Å²) >= 11 is 0. The van der Waals surface area contributed by atoms with Gasteiger partial charge in [0, 0.05) is 13.2 Å². The molecule has 8 heteroatoms. The van der Waals surface area contributed by atoms with Crippen LogP contribution in [0, 0.1) is 0 Å². The van der Waals surface area contributed by atoms with Crippen molar-refractivity contribution in [2.24, 2.45) is 0 Å². The van der Waals surface area contributed by atoms with Gasteiger partial charge >= 0.3 is 12.0 Å². The first-order valence-corrected chi connectivity index (χ1v) is 5.56. The number of aromatic nitrogens is 3. The SMILES string of the molecule is COc1nc(NCCCOCCO)nc(OC)n1. The zero-order valence-electron chi connectivity index (χ0n) is 10.5. The molecule has 0 fully saturated rings. The molecule has 0 radical (unpaired) electrons. The van der Waals surface area contributed by atoms with Crippen LogP contribution >= 0.6 is 0 Å². The van der Waals surface area contributed by atoms with Gasteiger partial charge in [-0.2, -0.15) is 9.97 Å². The van der Waals surface area contributed by atoms with Crippen molar-refractivity contribution in [2.75, 3.05) is 45.9 Å². The fourth-order valence-electron chi connectivity index (χ4n) is 1.14. The highest BCUT2D eigenvalue weighted by molar-refractivity contribution is 5.27. The number of methoxy groups -OCH3 is 2. The lowest BCUT2D eigenvalue weighted by atomic mass is 10.4. The summed E-state index contributed by atoms with van der Waals surface area (Å²) in [5.41, 5.74) is 0. The molecule has 18 heavy (non-hydrogen) atoms. The average molecular weight is 258 g/mol. The quantitative estimate of drug-likeness (QED) is 0.582. The zero-order valence-corrected chi connectivity index (χ0v) is 10.5. The molecule has 8 nitrogen and oxygen atoms in total. The number of hydrogen-bond donors (Lipinski definition) is 2. The molecule has 0 saturated heterocycles. The number of aliphatic hydroxyl groups is 1. The van der Waals surface area contributed by atoms with Crippen molar-refractivity contribution in [1.29, 1.82) is 0 Å². The molecule has 0 bridgehead atoms. The summed E-state index contributed by atoms with van der Waals surface area (Å²) < 4.78 is 15.0. The minimum Gasteiger partial charge on any atom is -0.467 e. The molecule has 0 amide bonds. The number of hydrogen-bond acceptors (Lipinski definition) is 8. The van der Waals surface area contributed by atoms with Gasteiger partial charge in [-0.3, -0.25) is 0 Å². The molecule has 0 unspecified atom stereocenters. The van der Waals surface area contributed by atoms with Crippen LogP contribution in [0.25, 0.3) is 0 Å². The summed E-state index contributed by atoms with van der Waals surface area (Å²) in [6, 6.07) is 0.391. The fraction of sp³-hybridized carbons (Fsp3) is 0.700. The van der Waals surface area contributed by atoms with E-state index in [-0.39, 0.29) is 18.6 Å². The Bertz CT molecular complexity index is 328. The number of aliphatic hydroxyl groups excluding tert-OH is 1. The van der Waals surface area contributed by atoms with Gasteiger partial charge in [-0.15, -0.1) is 4.98 Å². The van der Waals surface area contributed by atoms with Gasteiger partial charge in [0.05, 0.1) is 27.4 Å².